The summed E-state index contributed by atoms with van der Waals surface area (Å²) < 4.78 is 20.0. The molecule has 0 unspecified atom stereocenters. The number of pyridine rings is 1. The number of aromatic nitrogens is 2. The number of halogens is 1. The Hall–Kier alpha value is -2.69. The third kappa shape index (κ3) is 1.32. The number of nitrogens with zero attached hydrogens (tertiary/aromatic N) is 2. The molecule has 92 valence electrons. The lowest BCUT2D eigenvalue weighted by Gasteiger charge is -1.97. The van der Waals surface area contributed by atoms with Gasteiger partial charge in [0.25, 0.3) is 0 Å². The zero-order valence-corrected chi connectivity index (χ0v) is 9.63. The average molecular weight is 254 g/mol. The summed E-state index contributed by atoms with van der Waals surface area (Å²) in [4.78, 5) is 16.4. The van der Waals surface area contributed by atoms with E-state index in [0.29, 0.717) is 22.1 Å². The summed E-state index contributed by atoms with van der Waals surface area (Å²) >= 11 is 0. The highest BCUT2D eigenvalue weighted by Crippen LogP contribution is 2.23. The second-order valence-corrected chi connectivity index (χ2v) is 4.27. The first-order valence-corrected chi connectivity index (χ1v) is 5.73. The van der Waals surface area contributed by atoms with Crippen molar-refractivity contribution in [1.29, 1.82) is 0 Å². The van der Waals surface area contributed by atoms with E-state index in [0.717, 1.165) is 0 Å². The fraction of sp³-hybridized carbons (Fsp3) is 0. The first kappa shape index (κ1) is 10.3. The third-order valence-electron chi connectivity index (χ3n) is 3.12. The van der Waals surface area contributed by atoms with Crippen LogP contribution in [0.25, 0.3) is 27.6 Å². The van der Waals surface area contributed by atoms with E-state index in [1.165, 1.54) is 12.1 Å². The number of hydrogen-bond acceptors (Lipinski definition) is 3. The van der Waals surface area contributed by atoms with Crippen molar-refractivity contribution in [3.63, 3.8) is 0 Å². The molecule has 0 N–H and O–H groups in total. The molecule has 0 amide bonds. The van der Waals surface area contributed by atoms with Crippen LogP contribution < -0.4 is 5.63 Å². The summed E-state index contributed by atoms with van der Waals surface area (Å²) in [6.07, 6.45) is 1.75. The standard InChI is InChI=1S/C14H7FN2O2/c15-8-4-5-9-10(7-8)19-14(18)13-12(9)16-11-3-1-2-6-17(11)13/h1-7H. The van der Waals surface area contributed by atoms with Gasteiger partial charge in [-0.3, -0.25) is 4.40 Å². The fourth-order valence-corrected chi connectivity index (χ4v) is 2.30. The molecule has 5 heteroatoms. The highest BCUT2D eigenvalue weighted by molar-refractivity contribution is 6.02. The van der Waals surface area contributed by atoms with Gasteiger partial charge < -0.3 is 4.42 Å². The topological polar surface area (TPSA) is 47.5 Å². The molecule has 0 saturated carbocycles. The van der Waals surface area contributed by atoms with Crippen LogP contribution in [0.4, 0.5) is 4.39 Å². The Labute approximate surface area is 105 Å². The van der Waals surface area contributed by atoms with E-state index in [9.17, 15) is 9.18 Å². The molecule has 0 radical (unpaired) electrons. The summed E-state index contributed by atoms with van der Waals surface area (Å²) in [7, 11) is 0. The molecule has 0 aliphatic carbocycles. The quantitative estimate of drug-likeness (QED) is 0.453. The number of benzene rings is 1. The molecule has 19 heavy (non-hydrogen) atoms. The van der Waals surface area contributed by atoms with Crippen LogP contribution in [0.15, 0.2) is 51.8 Å². The van der Waals surface area contributed by atoms with Crippen LogP contribution in [0.2, 0.25) is 0 Å². The smallest absolute Gasteiger partial charge is 0.363 e. The molecule has 4 aromatic rings. The van der Waals surface area contributed by atoms with Crippen molar-refractivity contribution in [3.05, 3.63) is 58.8 Å². The van der Waals surface area contributed by atoms with Crippen LogP contribution in [-0.4, -0.2) is 9.38 Å². The van der Waals surface area contributed by atoms with Crippen molar-refractivity contribution in [2.75, 3.05) is 0 Å². The van der Waals surface area contributed by atoms with E-state index < -0.39 is 11.4 Å². The molecule has 3 heterocycles. The van der Waals surface area contributed by atoms with Crippen LogP contribution in [0, 0.1) is 5.82 Å². The SMILES string of the molecule is O=c1oc2cc(F)ccc2c2nc3ccccn3c12. The average Bonchev–Trinajstić information content (AvgIpc) is 2.78. The Kier molecular flexibility index (Phi) is 1.84. The molecular formula is C14H7FN2O2. The van der Waals surface area contributed by atoms with Gasteiger partial charge >= 0.3 is 5.63 Å². The summed E-state index contributed by atoms with van der Waals surface area (Å²) in [5.74, 6) is -0.446. The zero-order chi connectivity index (χ0) is 13.0. The highest BCUT2D eigenvalue weighted by atomic mass is 19.1. The third-order valence-corrected chi connectivity index (χ3v) is 3.12. The Bertz CT molecular complexity index is 1000. The van der Waals surface area contributed by atoms with E-state index in [1.807, 2.05) is 12.1 Å². The maximum Gasteiger partial charge on any atom is 0.363 e. The second kappa shape index (κ2) is 3.41. The Morgan fingerprint density at radius 2 is 2.11 bits per heavy atom. The fourth-order valence-electron chi connectivity index (χ4n) is 2.30. The van der Waals surface area contributed by atoms with Crippen molar-refractivity contribution in [2.45, 2.75) is 0 Å². The van der Waals surface area contributed by atoms with E-state index >= 15 is 0 Å². The van der Waals surface area contributed by atoms with Crippen molar-refractivity contribution >= 4 is 27.6 Å². The van der Waals surface area contributed by atoms with Gasteiger partial charge in [-0.1, -0.05) is 6.07 Å². The van der Waals surface area contributed by atoms with Gasteiger partial charge in [0.05, 0.1) is 0 Å². The lowest BCUT2D eigenvalue weighted by molar-refractivity contribution is 0.560. The van der Waals surface area contributed by atoms with E-state index in [2.05, 4.69) is 4.98 Å². The minimum Gasteiger partial charge on any atom is -0.421 e. The molecule has 3 aromatic heterocycles. The van der Waals surface area contributed by atoms with Gasteiger partial charge in [0.15, 0.2) is 5.52 Å². The number of imidazole rings is 1. The predicted octanol–water partition coefficient (Wildman–Crippen LogP) is 2.73. The number of rotatable bonds is 0. The summed E-state index contributed by atoms with van der Waals surface area (Å²) in [5.41, 5.74) is 1.24. The summed E-state index contributed by atoms with van der Waals surface area (Å²) in [6.45, 7) is 0. The van der Waals surface area contributed by atoms with E-state index in [-0.39, 0.29) is 5.58 Å². The normalized spacial score (nSPS) is 11.6. The van der Waals surface area contributed by atoms with Gasteiger partial charge in [-0.2, -0.15) is 0 Å². The van der Waals surface area contributed by atoms with Crippen LogP contribution in [-0.2, 0) is 0 Å². The van der Waals surface area contributed by atoms with Crippen LogP contribution in [0.1, 0.15) is 0 Å². The molecule has 0 saturated heterocycles. The zero-order valence-electron chi connectivity index (χ0n) is 9.63. The Morgan fingerprint density at radius 1 is 1.21 bits per heavy atom. The van der Waals surface area contributed by atoms with E-state index in [1.54, 1.807) is 22.7 Å². The molecule has 1 aromatic carbocycles. The number of hydrogen-bond donors (Lipinski definition) is 0. The molecule has 0 atom stereocenters. The van der Waals surface area contributed by atoms with Gasteiger partial charge in [-0.05, 0) is 24.3 Å². The molecule has 0 bridgehead atoms. The monoisotopic (exact) mass is 254 g/mol. The predicted molar refractivity (Wildman–Crippen MR) is 68.7 cm³/mol. The molecule has 0 aliphatic heterocycles. The maximum atomic E-state index is 13.2. The second-order valence-electron chi connectivity index (χ2n) is 4.27. The van der Waals surface area contributed by atoms with Crippen molar-refractivity contribution in [1.82, 2.24) is 9.38 Å². The molecule has 4 rings (SSSR count). The lowest BCUT2D eigenvalue weighted by Crippen LogP contribution is -2.02. The van der Waals surface area contributed by atoms with Gasteiger partial charge in [0, 0.05) is 17.6 Å². The molecule has 0 spiro atoms. The minimum atomic E-state index is -0.521. The van der Waals surface area contributed by atoms with Gasteiger partial charge in [0.1, 0.15) is 22.6 Å². The molecule has 4 nitrogen and oxygen atoms in total. The first-order valence-electron chi connectivity index (χ1n) is 5.73. The van der Waals surface area contributed by atoms with Crippen LogP contribution >= 0.6 is 0 Å². The number of fused-ring (bicyclic) bond motifs is 5. The Balaban J connectivity index is 2.36. The molecular weight excluding hydrogens is 247 g/mol. The lowest BCUT2D eigenvalue weighted by atomic mass is 10.2. The van der Waals surface area contributed by atoms with Crippen molar-refractivity contribution in [2.24, 2.45) is 0 Å². The molecule has 0 fully saturated rings. The van der Waals surface area contributed by atoms with Crippen molar-refractivity contribution < 1.29 is 8.81 Å². The van der Waals surface area contributed by atoms with Crippen LogP contribution in [0.5, 0.6) is 0 Å². The summed E-state index contributed by atoms with van der Waals surface area (Å²) in [5, 5.41) is 0.625. The van der Waals surface area contributed by atoms with Gasteiger partial charge in [-0.25, -0.2) is 14.2 Å². The minimum absolute atomic E-state index is 0.209. The van der Waals surface area contributed by atoms with Gasteiger partial charge in [-0.15, -0.1) is 0 Å². The first-order chi connectivity index (χ1) is 9.24. The maximum absolute atomic E-state index is 13.2. The van der Waals surface area contributed by atoms with Crippen LogP contribution in [0.3, 0.4) is 0 Å². The van der Waals surface area contributed by atoms with E-state index in [4.69, 9.17) is 4.42 Å². The largest absolute Gasteiger partial charge is 0.421 e. The summed E-state index contributed by atoms with van der Waals surface area (Å²) in [6, 6.07) is 9.54. The van der Waals surface area contributed by atoms with Crippen molar-refractivity contribution in [3.8, 4) is 0 Å². The highest BCUT2D eigenvalue weighted by Gasteiger charge is 2.14. The van der Waals surface area contributed by atoms with Gasteiger partial charge in [0.2, 0.25) is 0 Å². The Morgan fingerprint density at radius 3 is 3.00 bits per heavy atom. The molecule has 0 aliphatic rings.